The molecule has 168 valence electrons. The zero-order valence-electron chi connectivity index (χ0n) is 18.5. The molecule has 2 amide bonds. The summed E-state index contributed by atoms with van der Waals surface area (Å²) in [5.41, 5.74) is 4.00. The second kappa shape index (κ2) is 8.30. The Hall–Kier alpha value is -3.35. The van der Waals surface area contributed by atoms with E-state index in [2.05, 4.69) is 17.4 Å². The Balaban J connectivity index is 1.41. The van der Waals surface area contributed by atoms with E-state index in [4.69, 9.17) is 4.74 Å². The van der Waals surface area contributed by atoms with Gasteiger partial charge in [-0.25, -0.2) is 9.59 Å². The van der Waals surface area contributed by atoms with Crippen LogP contribution in [0.1, 0.15) is 44.2 Å². The summed E-state index contributed by atoms with van der Waals surface area (Å²) in [6.45, 7) is 5.89. The number of amides is 2. The number of aliphatic carboxylic acids is 1. The Kier molecular flexibility index (Phi) is 5.67. The quantitative estimate of drug-likeness (QED) is 0.721. The molecule has 1 aliphatic heterocycles. The van der Waals surface area contributed by atoms with Gasteiger partial charge in [0.25, 0.3) is 0 Å². The third-order valence-corrected chi connectivity index (χ3v) is 6.49. The summed E-state index contributed by atoms with van der Waals surface area (Å²) in [5.74, 6) is -1.50. The van der Waals surface area contributed by atoms with E-state index < -0.39 is 35.5 Å². The van der Waals surface area contributed by atoms with Crippen molar-refractivity contribution in [3.8, 4) is 11.1 Å². The highest BCUT2D eigenvalue weighted by Crippen LogP contribution is 2.44. The molecule has 1 saturated heterocycles. The number of carboxylic acids is 1. The maximum absolute atomic E-state index is 12.9. The van der Waals surface area contributed by atoms with E-state index in [0.29, 0.717) is 13.0 Å². The van der Waals surface area contributed by atoms with Crippen molar-refractivity contribution in [2.24, 2.45) is 5.41 Å². The standard InChI is InChI=1S/C25H28N2O5/c1-4-20(22(28)27-14-25(2,3)21(27)23(29)30)26-24(31)32-13-19-17-11-7-5-9-15(17)16-10-6-8-12-18(16)19/h5-12,19-21H,4,13-14H2,1-3H3,(H,26,31)(H,29,30)/t20-,21?/m1/s1. The molecule has 0 bridgehead atoms. The van der Waals surface area contributed by atoms with Crippen LogP contribution < -0.4 is 5.32 Å². The minimum atomic E-state index is -1.04. The van der Waals surface area contributed by atoms with Gasteiger partial charge in [0.1, 0.15) is 18.7 Å². The highest BCUT2D eigenvalue weighted by molar-refractivity contribution is 5.91. The first-order valence-corrected chi connectivity index (χ1v) is 10.9. The number of carbonyl (C=O) groups is 3. The van der Waals surface area contributed by atoms with E-state index in [1.165, 1.54) is 4.90 Å². The molecule has 0 radical (unpaired) electrons. The summed E-state index contributed by atoms with van der Waals surface area (Å²) in [6.07, 6.45) is -0.342. The Morgan fingerprint density at radius 1 is 1.09 bits per heavy atom. The fourth-order valence-electron chi connectivity index (χ4n) is 4.92. The molecule has 2 N–H and O–H groups in total. The van der Waals surface area contributed by atoms with Crippen LogP contribution in [0.4, 0.5) is 4.79 Å². The van der Waals surface area contributed by atoms with Gasteiger partial charge < -0.3 is 20.1 Å². The maximum Gasteiger partial charge on any atom is 0.407 e. The van der Waals surface area contributed by atoms with E-state index in [0.717, 1.165) is 22.3 Å². The number of alkyl carbamates (subject to hydrolysis) is 1. The average Bonchev–Trinajstić information content (AvgIpc) is 3.07. The number of carbonyl (C=O) groups excluding carboxylic acids is 2. The van der Waals surface area contributed by atoms with Crippen LogP contribution in [0.2, 0.25) is 0 Å². The number of rotatable bonds is 6. The van der Waals surface area contributed by atoms with Crippen molar-refractivity contribution in [2.45, 2.75) is 45.2 Å². The molecule has 1 fully saturated rings. The maximum atomic E-state index is 12.9. The largest absolute Gasteiger partial charge is 0.480 e. The van der Waals surface area contributed by atoms with Crippen LogP contribution >= 0.6 is 0 Å². The number of ether oxygens (including phenoxy) is 1. The molecular weight excluding hydrogens is 408 g/mol. The monoisotopic (exact) mass is 436 g/mol. The number of fused-ring (bicyclic) bond motifs is 3. The number of benzene rings is 2. The zero-order chi connectivity index (χ0) is 23.0. The normalized spacial score (nSPS) is 19.3. The minimum Gasteiger partial charge on any atom is -0.480 e. The lowest BCUT2D eigenvalue weighted by Crippen LogP contribution is -2.69. The number of nitrogens with zero attached hydrogens (tertiary/aromatic N) is 1. The molecule has 4 rings (SSSR count). The van der Waals surface area contributed by atoms with E-state index in [1.54, 1.807) is 6.92 Å². The van der Waals surface area contributed by atoms with Crippen molar-refractivity contribution in [2.75, 3.05) is 13.2 Å². The first-order valence-electron chi connectivity index (χ1n) is 10.9. The molecule has 0 spiro atoms. The first-order chi connectivity index (χ1) is 15.2. The molecular formula is C25H28N2O5. The summed E-state index contributed by atoms with van der Waals surface area (Å²) < 4.78 is 5.53. The first kappa shape index (κ1) is 21.9. The van der Waals surface area contributed by atoms with E-state index in [-0.39, 0.29) is 12.5 Å². The van der Waals surface area contributed by atoms with Crippen LogP contribution in [0.15, 0.2) is 48.5 Å². The Labute approximate surface area is 187 Å². The number of hydrogen-bond acceptors (Lipinski definition) is 4. The van der Waals surface area contributed by atoms with Crippen molar-refractivity contribution < 1.29 is 24.2 Å². The molecule has 1 heterocycles. The van der Waals surface area contributed by atoms with Gasteiger partial charge in [0.05, 0.1) is 0 Å². The number of hydrogen-bond donors (Lipinski definition) is 2. The average molecular weight is 437 g/mol. The SMILES string of the molecule is CC[C@@H](NC(=O)OCC1c2ccccc2-c2ccccc21)C(=O)N1CC(C)(C)C1C(=O)O. The lowest BCUT2D eigenvalue weighted by Gasteiger charge is -2.52. The molecule has 1 unspecified atom stereocenters. The highest BCUT2D eigenvalue weighted by atomic mass is 16.5. The Morgan fingerprint density at radius 2 is 1.66 bits per heavy atom. The summed E-state index contributed by atoms with van der Waals surface area (Å²) in [6, 6.07) is 14.4. The summed E-state index contributed by atoms with van der Waals surface area (Å²) in [5, 5.41) is 12.1. The van der Waals surface area contributed by atoms with Gasteiger partial charge in [0.2, 0.25) is 5.91 Å². The zero-order valence-corrected chi connectivity index (χ0v) is 18.5. The van der Waals surface area contributed by atoms with Gasteiger partial charge in [-0.15, -0.1) is 0 Å². The second-order valence-corrected chi connectivity index (χ2v) is 9.13. The number of likely N-dealkylation sites (tertiary alicyclic amines) is 1. The molecule has 2 aromatic rings. The molecule has 32 heavy (non-hydrogen) atoms. The predicted octanol–water partition coefficient (Wildman–Crippen LogP) is 3.63. The van der Waals surface area contributed by atoms with Crippen LogP contribution in [0.3, 0.4) is 0 Å². The van der Waals surface area contributed by atoms with Crippen molar-refractivity contribution in [1.29, 1.82) is 0 Å². The Morgan fingerprint density at radius 3 is 2.16 bits per heavy atom. The molecule has 2 aromatic carbocycles. The number of carboxylic acid groups (broad SMARTS) is 1. The van der Waals surface area contributed by atoms with E-state index in [1.807, 2.05) is 50.2 Å². The number of nitrogens with one attached hydrogen (secondary N) is 1. The third kappa shape index (κ3) is 3.72. The summed E-state index contributed by atoms with van der Waals surface area (Å²) in [4.78, 5) is 38.3. The molecule has 2 atom stereocenters. The van der Waals surface area contributed by atoms with Crippen LogP contribution in [-0.2, 0) is 14.3 Å². The lowest BCUT2D eigenvalue weighted by molar-refractivity contribution is -0.172. The van der Waals surface area contributed by atoms with Crippen LogP contribution in [-0.4, -0.2) is 53.2 Å². The third-order valence-electron chi connectivity index (χ3n) is 6.49. The highest BCUT2D eigenvalue weighted by Gasteiger charge is 2.53. The summed E-state index contributed by atoms with van der Waals surface area (Å²) >= 11 is 0. The topological polar surface area (TPSA) is 95.9 Å². The molecule has 0 saturated carbocycles. The van der Waals surface area contributed by atoms with Crippen LogP contribution in [0, 0.1) is 5.41 Å². The van der Waals surface area contributed by atoms with Crippen LogP contribution in [0.5, 0.6) is 0 Å². The van der Waals surface area contributed by atoms with E-state index >= 15 is 0 Å². The van der Waals surface area contributed by atoms with E-state index in [9.17, 15) is 19.5 Å². The minimum absolute atomic E-state index is 0.0727. The van der Waals surface area contributed by atoms with Crippen molar-refractivity contribution in [3.05, 3.63) is 59.7 Å². The second-order valence-electron chi connectivity index (χ2n) is 9.13. The fraction of sp³-hybridized carbons (Fsp3) is 0.400. The van der Waals surface area contributed by atoms with Crippen molar-refractivity contribution in [1.82, 2.24) is 10.2 Å². The molecule has 0 aromatic heterocycles. The van der Waals surface area contributed by atoms with Crippen molar-refractivity contribution >= 4 is 18.0 Å². The van der Waals surface area contributed by atoms with Gasteiger partial charge in [-0.05, 0) is 28.7 Å². The lowest BCUT2D eigenvalue weighted by atomic mass is 9.74. The molecule has 1 aliphatic carbocycles. The predicted molar refractivity (Wildman–Crippen MR) is 119 cm³/mol. The smallest absolute Gasteiger partial charge is 0.407 e. The summed E-state index contributed by atoms with van der Waals surface area (Å²) in [7, 11) is 0. The van der Waals surface area contributed by atoms with Crippen LogP contribution in [0.25, 0.3) is 11.1 Å². The molecule has 2 aliphatic rings. The molecule has 7 heteroatoms. The van der Waals surface area contributed by atoms with Gasteiger partial charge >= 0.3 is 12.1 Å². The van der Waals surface area contributed by atoms with Gasteiger partial charge in [0, 0.05) is 17.9 Å². The Bertz CT molecular complexity index is 1020. The fourth-order valence-corrected chi connectivity index (χ4v) is 4.92. The molecule has 7 nitrogen and oxygen atoms in total. The van der Waals surface area contributed by atoms with Gasteiger partial charge in [0.15, 0.2) is 0 Å². The van der Waals surface area contributed by atoms with Gasteiger partial charge in [-0.3, -0.25) is 4.79 Å². The van der Waals surface area contributed by atoms with Crippen molar-refractivity contribution in [3.63, 3.8) is 0 Å². The van der Waals surface area contributed by atoms with Gasteiger partial charge in [-0.1, -0.05) is 69.3 Å². The van der Waals surface area contributed by atoms with Gasteiger partial charge in [-0.2, -0.15) is 0 Å².